The first-order valence-electron chi connectivity index (χ1n) is 6.33. The van der Waals surface area contributed by atoms with Gasteiger partial charge >= 0.3 is 0 Å². The maximum atomic E-state index is 11.1. The lowest BCUT2D eigenvalue weighted by atomic mass is 10.3. The summed E-state index contributed by atoms with van der Waals surface area (Å²) in [6, 6.07) is 1.66. The Hall–Kier alpha value is -2.38. The smallest absolute Gasteiger partial charge is 0.237 e. The standard InChI is InChI=1S/C12H20N6O2/c1-3-4-15-11-5-12(17-8(2)16-11)18(6-9(13)19)7-10(14)20/h5H,3-4,6-7H2,1-2H3,(H2,13,19)(H2,14,20)(H,15,16,17). The first kappa shape index (κ1) is 15.7. The first-order valence-corrected chi connectivity index (χ1v) is 6.33. The molecule has 0 atom stereocenters. The second-order valence-electron chi connectivity index (χ2n) is 4.37. The molecule has 0 bridgehead atoms. The summed E-state index contributed by atoms with van der Waals surface area (Å²) in [7, 11) is 0. The highest BCUT2D eigenvalue weighted by Gasteiger charge is 2.15. The summed E-state index contributed by atoms with van der Waals surface area (Å²) in [5, 5.41) is 3.13. The molecule has 8 heteroatoms. The Morgan fingerprint density at radius 1 is 1.25 bits per heavy atom. The molecule has 0 saturated carbocycles. The fourth-order valence-electron chi connectivity index (χ4n) is 1.65. The third-order valence-electron chi connectivity index (χ3n) is 2.40. The number of amides is 2. The monoisotopic (exact) mass is 280 g/mol. The average molecular weight is 280 g/mol. The second kappa shape index (κ2) is 7.27. The highest BCUT2D eigenvalue weighted by atomic mass is 16.2. The number of hydrogen-bond donors (Lipinski definition) is 3. The van der Waals surface area contributed by atoms with Crippen LogP contribution in [0.15, 0.2) is 6.07 Å². The highest BCUT2D eigenvalue weighted by Crippen LogP contribution is 2.15. The van der Waals surface area contributed by atoms with E-state index in [-0.39, 0.29) is 13.1 Å². The van der Waals surface area contributed by atoms with Gasteiger partial charge in [-0.15, -0.1) is 0 Å². The number of carbonyl (C=O) groups is 2. The van der Waals surface area contributed by atoms with E-state index in [9.17, 15) is 9.59 Å². The van der Waals surface area contributed by atoms with Crippen LogP contribution in [-0.2, 0) is 9.59 Å². The summed E-state index contributed by atoms with van der Waals surface area (Å²) < 4.78 is 0. The van der Waals surface area contributed by atoms with Crippen molar-refractivity contribution >= 4 is 23.5 Å². The summed E-state index contributed by atoms with van der Waals surface area (Å²) in [5.74, 6) is 0.471. The van der Waals surface area contributed by atoms with Crippen LogP contribution in [0.1, 0.15) is 19.2 Å². The van der Waals surface area contributed by atoms with Gasteiger partial charge in [-0.2, -0.15) is 0 Å². The molecule has 0 unspecified atom stereocenters. The molecule has 5 N–H and O–H groups in total. The van der Waals surface area contributed by atoms with Gasteiger partial charge in [0.25, 0.3) is 0 Å². The number of primary amides is 2. The Labute approximate surface area is 117 Å². The molecular weight excluding hydrogens is 260 g/mol. The maximum Gasteiger partial charge on any atom is 0.237 e. The SMILES string of the molecule is CCCNc1cc(N(CC(N)=O)CC(N)=O)nc(C)n1. The first-order chi connectivity index (χ1) is 9.42. The van der Waals surface area contributed by atoms with Crippen LogP contribution >= 0.6 is 0 Å². The van der Waals surface area contributed by atoms with Gasteiger partial charge in [-0.1, -0.05) is 6.92 Å². The van der Waals surface area contributed by atoms with Gasteiger partial charge in [0.2, 0.25) is 11.8 Å². The molecule has 0 fully saturated rings. The predicted molar refractivity (Wildman–Crippen MR) is 76.2 cm³/mol. The Balaban J connectivity index is 3.01. The second-order valence-corrected chi connectivity index (χ2v) is 4.37. The quantitative estimate of drug-likeness (QED) is 0.582. The number of nitrogens with zero attached hydrogens (tertiary/aromatic N) is 3. The van der Waals surface area contributed by atoms with E-state index in [0.717, 1.165) is 13.0 Å². The van der Waals surface area contributed by atoms with Crippen molar-refractivity contribution < 1.29 is 9.59 Å². The minimum absolute atomic E-state index is 0.132. The molecule has 110 valence electrons. The van der Waals surface area contributed by atoms with Crippen molar-refractivity contribution in [1.82, 2.24) is 9.97 Å². The summed E-state index contributed by atoms with van der Waals surface area (Å²) >= 11 is 0. The van der Waals surface area contributed by atoms with Crippen molar-refractivity contribution in [3.63, 3.8) is 0 Å². The molecule has 1 heterocycles. The molecule has 1 aromatic heterocycles. The Kier molecular flexibility index (Phi) is 5.70. The van der Waals surface area contributed by atoms with Crippen molar-refractivity contribution in [2.45, 2.75) is 20.3 Å². The number of aryl methyl sites for hydroxylation is 1. The molecule has 0 spiro atoms. The van der Waals surface area contributed by atoms with E-state index in [1.54, 1.807) is 13.0 Å². The zero-order chi connectivity index (χ0) is 15.1. The number of aromatic nitrogens is 2. The molecule has 2 amide bonds. The van der Waals surface area contributed by atoms with Crippen molar-refractivity contribution in [2.24, 2.45) is 11.5 Å². The van der Waals surface area contributed by atoms with Crippen LogP contribution < -0.4 is 21.7 Å². The van der Waals surface area contributed by atoms with Gasteiger partial charge in [0.05, 0.1) is 13.1 Å². The van der Waals surface area contributed by atoms with Gasteiger partial charge in [0, 0.05) is 12.6 Å². The van der Waals surface area contributed by atoms with E-state index < -0.39 is 11.8 Å². The lowest BCUT2D eigenvalue weighted by molar-refractivity contribution is -0.117. The lowest BCUT2D eigenvalue weighted by Gasteiger charge is -2.21. The third-order valence-corrected chi connectivity index (χ3v) is 2.40. The van der Waals surface area contributed by atoms with Gasteiger partial charge in [-0.05, 0) is 13.3 Å². The summed E-state index contributed by atoms with van der Waals surface area (Å²) in [6.07, 6.45) is 0.949. The zero-order valence-corrected chi connectivity index (χ0v) is 11.7. The molecule has 1 aromatic rings. The van der Waals surface area contributed by atoms with Crippen LogP contribution in [0.4, 0.5) is 11.6 Å². The van der Waals surface area contributed by atoms with Gasteiger partial charge in [-0.25, -0.2) is 9.97 Å². The molecule has 0 aliphatic carbocycles. The number of nitrogens with two attached hydrogens (primary N) is 2. The van der Waals surface area contributed by atoms with E-state index in [1.807, 2.05) is 6.92 Å². The molecule has 0 aromatic carbocycles. The van der Waals surface area contributed by atoms with E-state index in [2.05, 4.69) is 15.3 Å². The van der Waals surface area contributed by atoms with Crippen LogP contribution in [0.5, 0.6) is 0 Å². The summed E-state index contributed by atoms with van der Waals surface area (Å²) in [5.41, 5.74) is 10.3. The molecule has 20 heavy (non-hydrogen) atoms. The summed E-state index contributed by atoms with van der Waals surface area (Å²) in [6.45, 7) is 4.27. The number of hydrogen-bond acceptors (Lipinski definition) is 6. The van der Waals surface area contributed by atoms with Crippen LogP contribution in [0, 0.1) is 6.92 Å². The fourth-order valence-corrected chi connectivity index (χ4v) is 1.65. The zero-order valence-electron chi connectivity index (χ0n) is 11.7. The van der Waals surface area contributed by atoms with Crippen molar-refractivity contribution in [3.05, 3.63) is 11.9 Å². The minimum Gasteiger partial charge on any atom is -0.370 e. The van der Waals surface area contributed by atoms with Crippen molar-refractivity contribution in [2.75, 3.05) is 29.9 Å². The number of rotatable bonds is 8. The molecule has 1 rings (SSSR count). The Morgan fingerprint density at radius 3 is 2.35 bits per heavy atom. The van der Waals surface area contributed by atoms with E-state index in [4.69, 9.17) is 11.5 Å². The lowest BCUT2D eigenvalue weighted by Crippen LogP contribution is -2.40. The molecule has 0 aliphatic rings. The topological polar surface area (TPSA) is 127 Å². The minimum atomic E-state index is -0.564. The highest BCUT2D eigenvalue weighted by molar-refractivity contribution is 5.84. The largest absolute Gasteiger partial charge is 0.370 e. The van der Waals surface area contributed by atoms with Gasteiger partial charge in [-0.3, -0.25) is 9.59 Å². The molecule has 0 saturated heterocycles. The van der Waals surface area contributed by atoms with Crippen molar-refractivity contribution in [1.29, 1.82) is 0 Å². The average Bonchev–Trinajstić information content (AvgIpc) is 2.33. The van der Waals surface area contributed by atoms with Crippen LogP contribution in [0.3, 0.4) is 0 Å². The van der Waals surface area contributed by atoms with Gasteiger partial charge in [0.1, 0.15) is 17.5 Å². The predicted octanol–water partition coefficient (Wildman–Crippen LogP) is -0.616. The number of nitrogens with one attached hydrogen (secondary N) is 1. The summed E-state index contributed by atoms with van der Waals surface area (Å²) in [4.78, 5) is 32.0. The van der Waals surface area contributed by atoms with Gasteiger partial charge < -0.3 is 21.7 Å². The van der Waals surface area contributed by atoms with E-state index >= 15 is 0 Å². The number of carbonyl (C=O) groups excluding carboxylic acids is 2. The van der Waals surface area contributed by atoms with Crippen LogP contribution in [0.25, 0.3) is 0 Å². The van der Waals surface area contributed by atoms with E-state index in [1.165, 1.54) is 4.90 Å². The Morgan fingerprint density at radius 2 is 1.85 bits per heavy atom. The number of anilines is 2. The van der Waals surface area contributed by atoms with Crippen molar-refractivity contribution in [3.8, 4) is 0 Å². The molecule has 0 radical (unpaired) electrons. The molecule has 0 aliphatic heterocycles. The van der Waals surface area contributed by atoms with Crippen LogP contribution in [0.2, 0.25) is 0 Å². The van der Waals surface area contributed by atoms with E-state index in [0.29, 0.717) is 17.5 Å². The van der Waals surface area contributed by atoms with Crippen LogP contribution in [-0.4, -0.2) is 41.4 Å². The maximum absolute atomic E-state index is 11.1. The molecule has 8 nitrogen and oxygen atoms in total. The normalized spacial score (nSPS) is 10.1. The third kappa shape index (κ3) is 5.09. The van der Waals surface area contributed by atoms with Gasteiger partial charge in [0.15, 0.2) is 0 Å². The Bertz CT molecular complexity index is 475. The fraction of sp³-hybridized carbons (Fsp3) is 0.500. The molecular formula is C12H20N6O2.